The van der Waals surface area contributed by atoms with E-state index in [0.717, 1.165) is 6.26 Å². The Morgan fingerprint density at radius 3 is 2.44 bits per heavy atom. The van der Waals surface area contributed by atoms with Crippen molar-refractivity contribution in [3.8, 4) is 0 Å². The van der Waals surface area contributed by atoms with Crippen LogP contribution in [-0.2, 0) is 19.4 Å². The highest BCUT2D eigenvalue weighted by atomic mass is 32.2. The Hall–Kier alpha value is -1.11. The van der Waals surface area contributed by atoms with Crippen molar-refractivity contribution >= 4 is 21.7 Å². The number of hydrogen-bond donors (Lipinski definition) is 1. The Morgan fingerprint density at radius 2 is 1.94 bits per heavy atom. The molecule has 1 heterocycles. The number of carbonyl (C=O) groups excluding carboxylic acids is 2. The zero-order valence-electron chi connectivity index (χ0n) is 11.0. The van der Waals surface area contributed by atoms with Gasteiger partial charge in [0.15, 0.2) is 0 Å². The van der Waals surface area contributed by atoms with Crippen LogP contribution in [0, 0.1) is 0 Å². The van der Waals surface area contributed by atoms with E-state index in [9.17, 15) is 18.0 Å². The Morgan fingerprint density at radius 1 is 1.33 bits per heavy atom. The number of carbonyl (C=O) groups is 2. The van der Waals surface area contributed by atoms with E-state index in [0.29, 0.717) is 19.4 Å². The Kier molecular flexibility index (Phi) is 4.72. The SMILES string of the molecule is CCC1C(=O)NC(C)C(=O)N1CCCS(C)(=O)=O. The second-order valence-corrected chi connectivity index (χ2v) is 6.93. The molecule has 18 heavy (non-hydrogen) atoms. The van der Waals surface area contributed by atoms with Crippen molar-refractivity contribution in [3.05, 3.63) is 0 Å². The van der Waals surface area contributed by atoms with Gasteiger partial charge in [0.1, 0.15) is 21.9 Å². The molecule has 1 N–H and O–H groups in total. The van der Waals surface area contributed by atoms with Crippen LogP contribution in [0.25, 0.3) is 0 Å². The molecule has 2 unspecified atom stereocenters. The van der Waals surface area contributed by atoms with Crippen molar-refractivity contribution in [3.63, 3.8) is 0 Å². The van der Waals surface area contributed by atoms with Crippen LogP contribution in [0.5, 0.6) is 0 Å². The first-order valence-electron chi connectivity index (χ1n) is 6.05. The predicted octanol–water partition coefficient (Wildman–Crippen LogP) is -0.453. The van der Waals surface area contributed by atoms with Gasteiger partial charge < -0.3 is 10.2 Å². The van der Waals surface area contributed by atoms with Crippen LogP contribution in [0.4, 0.5) is 0 Å². The summed E-state index contributed by atoms with van der Waals surface area (Å²) in [7, 11) is -3.03. The molecular formula is C11H20N2O4S. The third kappa shape index (κ3) is 3.69. The average Bonchev–Trinajstić information content (AvgIpc) is 2.23. The summed E-state index contributed by atoms with van der Waals surface area (Å²) in [6.07, 6.45) is 2.06. The molecule has 1 saturated heterocycles. The Balaban J connectivity index is 2.69. The molecule has 0 radical (unpaired) electrons. The van der Waals surface area contributed by atoms with Crippen molar-refractivity contribution in [2.24, 2.45) is 0 Å². The summed E-state index contributed by atoms with van der Waals surface area (Å²) in [6.45, 7) is 3.77. The van der Waals surface area contributed by atoms with Crippen LogP contribution in [0.15, 0.2) is 0 Å². The molecule has 6 nitrogen and oxygen atoms in total. The Labute approximate surface area is 108 Å². The van der Waals surface area contributed by atoms with Crippen LogP contribution in [-0.4, -0.2) is 55.8 Å². The molecule has 0 saturated carbocycles. The monoisotopic (exact) mass is 276 g/mol. The normalized spacial score (nSPS) is 25.2. The molecule has 0 aliphatic carbocycles. The van der Waals surface area contributed by atoms with E-state index in [1.165, 1.54) is 4.90 Å². The highest BCUT2D eigenvalue weighted by molar-refractivity contribution is 7.90. The molecule has 1 fully saturated rings. The fourth-order valence-electron chi connectivity index (χ4n) is 2.08. The summed E-state index contributed by atoms with van der Waals surface area (Å²) in [5.74, 6) is -0.276. The van der Waals surface area contributed by atoms with Crippen molar-refractivity contribution < 1.29 is 18.0 Å². The van der Waals surface area contributed by atoms with E-state index in [4.69, 9.17) is 0 Å². The van der Waals surface area contributed by atoms with E-state index < -0.39 is 21.9 Å². The third-order valence-corrected chi connectivity index (χ3v) is 4.02. The molecular weight excluding hydrogens is 256 g/mol. The minimum Gasteiger partial charge on any atom is -0.343 e. The van der Waals surface area contributed by atoms with Gasteiger partial charge in [0.2, 0.25) is 11.8 Å². The first-order valence-corrected chi connectivity index (χ1v) is 8.11. The first-order chi connectivity index (χ1) is 8.26. The summed E-state index contributed by atoms with van der Waals surface area (Å²) in [5.41, 5.74) is 0. The molecule has 1 aliphatic rings. The lowest BCUT2D eigenvalue weighted by molar-refractivity contribution is -0.148. The third-order valence-electron chi connectivity index (χ3n) is 2.99. The van der Waals surface area contributed by atoms with Gasteiger partial charge in [0.25, 0.3) is 0 Å². The predicted molar refractivity (Wildman–Crippen MR) is 67.7 cm³/mol. The van der Waals surface area contributed by atoms with E-state index in [1.54, 1.807) is 6.92 Å². The van der Waals surface area contributed by atoms with Crippen molar-refractivity contribution in [2.45, 2.75) is 38.8 Å². The lowest BCUT2D eigenvalue weighted by atomic mass is 10.1. The minimum atomic E-state index is -3.03. The van der Waals surface area contributed by atoms with Gasteiger partial charge in [-0.3, -0.25) is 9.59 Å². The van der Waals surface area contributed by atoms with Crippen LogP contribution in [0.3, 0.4) is 0 Å². The zero-order valence-corrected chi connectivity index (χ0v) is 11.8. The molecule has 0 aromatic rings. The second-order valence-electron chi connectivity index (χ2n) is 4.67. The van der Waals surface area contributed by atoms with Gasteiger partial charge in [-0.05, 0) is 19.8 Å². The van der Waals surface area contributed by atoms with Crippen LogP contribution >= 0.6 is 0 Å². The number of sulfone groups is 1. The number of hydrogen-bond acceptors (Lipinski definition) is 4. The van der Waals surface area contributed by atoms with E-state index in [2.05, 4.69) is 5.32 Å². The highest BCUT2D eigenvalue weighted by Crippen LogP contribution is 2.13. The maximum absolute atomic E-state index is 12.0. The summed E-state index contributed by atoms with van der Waals surface area (Å²) in [6, 6.07) is -1.01. The number of nitrogens with zero attached hydrogens (tertiary/aromatic N) is 1. The zero-order chi connectivity index (χ0) is 13.9. The molecule has 0 aromatic heterocycles. The lowest BCUT2D eigenvalue weighted by Gasteiger charge is -2.37. The summed E-state index contributed by atoms with van der Waals surface area (Å²) >= 11 is 0. The van der Waals surface area contributed by atoms with Crippen LogP contribution < -0.4 is 5.32 Å². The highest BCUT2D eigenvalue weighted by Gasteiger charge is 2.36. The molecule has 0 aromatic carbocycles. The van der Waals surface area contributed by atoms with E-state index in [-0.39, 0.29) is 17.6 Å². The molecule has 2 atom stereocenters. The molecule has 7 heteroatoms. The average molecular weight is 276 g/mol. The number of rotatable bonds is 5. The molecule has 1 rings (SSSR count). The van der Waals surface area contributed by atoms with Gasteiger partial charge in [0, 0.05) is 12.8 Å². The summed E-state index contributed by atoms with van der Waals surface area (Å²) in [4.78, 5) is 25.2. The number of piperazine rings is 1. The topological polar surface area (TPSA) is 83.6 Å². The van der Waals surface area contributed by atoms with Crippen LogP contribution in [0.1, 0.15) is 26.7 Å². The second kappa shape index (κ2) is 5.69. The molecule has 0 bridgehead atoms. The van der Waals surface area contributed by atoms with E-state index >= 15 is 0 Å². The fraction of sp³-hybridized carbons (Fsp3) is 0.818. The Bertz CT molecular complexity index is 432. The van der Waals surface area contributed by atoms with Gasteiger partial charge in [0.05, 0.1) is 5.75 Å². The maximum atomic E-state index is 12.0. The number of nitrogens with one attached hydrogen (secondary N) is 1. The fourth-order valence-corrected chi connectivity index (χ4v) is 2.74. The maximum Gasteiger partial charge on any atom is 0.245 e. The summed E-state index contributed by atoms with van der Waals surface area (Å²) < 4.78 is 22.1. The number of amides is 2. The van der Waals surface area contributed by atoms with E-state index in [1.807, 2.05) is 6.92 Å². The van der Waals surface area contributed by atoms with Crippen molar-refractivity contribution in [1.29, 1.82) is 0 Å². The molecule has 2 amide bonds. The van der Waals surface area contributed by atoms with Crippen molar-refractivity contribution in [2.75, 3.05) is 18.6 Å². The van der Waals surface area contributed by atoms with Crippen molar-refractivity contribution in [1.82, 2.24) is 10.2 Å². The van der Waals surface area contributed by atoms with Gasteiger partial charge in [-0.25, -0.2) is 8.42 Å². The molecule has 0 spiro atoms. The standard InChI is InChI=1S/C11H20N2O4S/c1-4-9-10(14)12-8(2)11(15)13(9)6-5-7-18(3,16)17/h8-9H,4-7H2,1-3H3,(H,12,14). The van der Waals surface area contributed by atoms with Gasteiger partial charge in [-0.2, -0.15) is 0 Å². The smallest absolute Gasteiger partial charge is 0.245 e. The van der Waals surface area contributed by atoms with Gasteiger partial charge >= 0.3 is 0 Å². The minimum absolute atomic E-state index is 0.0310. The largest absolute Gasteiger partial charge is 0.343 e. The van der Waals surface area contributed by atoms with Gasteiger partial charge in [-0.15, -0.1) is 0 Å². The molecule has 1 aliphatic heterocycles. The van der Waals surface area contributed by atoms with Crippen LogP contribution in [0.2, 0.25) is 0 Å². The first kappa shape index (κ1) is 14.9. The lowest BCUT2D eigenvalue weighted by Crippen LogP contribution is -2.62. The van der Waals surface area contributed by atoms with Gasteiger partial charge in [-0.1, -0.05) is 6.92 Å². The molecule has 104 valence electrons. The summed E-state index contributed by atoms with van der Waals surface area (Å²) in [5, 5.41) is 2.62. The quantitative estimate of drug-likeness (QED) is 0.737.